The van der Waals surface area contributed by atoms with E-state index >= 15 is 0 Å². The van der Waals surface area contributed by atoms with E-state index in [0.717, 1.165) is 22.2 Å². The fraction of sp³-hybridized carbons (Fsp3) is 0.188. The van der Waals surface area contributed by atoms with Crippen molar-refractivity contribution < 1.29 is 0 Å². The van der Waals surface area contributed by atoms with Crippen molar-refractivity contribution in [2.45, 2.75) is 19.8 Å². The molecule has 4 nitrogen and oxygen atoms in total. The van der Waals surface area contributed by atoms with Gasteiger partial charge in [0.25, 0.3) is 5.56 Å². The smallest absolute Gasteiger partial charge is 0.251 e. The van der Waals surface area contributed by atoms with Gasteiger partial charge in [-0.2, -0.15) is 0 Å². The number of fused-ring (bicyclic) bond motifs is 1. The molecule has 0 aliphatic heterocycles. The van der Waals surface area contributed by atoms with Gasteiger partial charge in [-0.3, -0.25) is 4.79 Å². The van der Waals surface area contributed by atoms with Gasteiger partial charge in [-0.25, -0.2) is 9.97 Å². The maximum atomic E-state index is 11.4. The monoisotopic (exact) mass is 299 g/mol. The van der Waals surface area contributed by atoms with Crippen LogP contribution in [0.4, 0.5) is 0 Å². The third-order valence-corrected chi connectivity index (χ3v) is 3.63. The summed E-state index contributed by atoms with van der Waals surface area (Å²) in [5, 5.41) is 1.56. The van der Waals surface area contributed by atoms with Crippen molar-refractivity contribution in [3.63, 3.8) is 0 Å². The molecule has 0 atom stereocenters. The predicted octanol–water partition coefficient (Wildman–Crippen LogP) is 3.07. The maximum absolute atomic E-state index is 11.4. The molecular weight excluding hydrogens is 286 g/mol. The molecule has 1 N–H and O–H groups in total. The van der Waals surface area contributed by atoms with Crippen LogP contribution in [-0.2, 0) is 12.8 Å². The number of halogens is 1. The summed E-state index contributed by atoms with van der Waals surface area (Å²) in [6, 6.07) is 11.4. The van der Waals surface area contributed by atoms with E-state index in [0.29, 0.717) is 23.8 Å². The first-order chi connectivity index (χ1) is 10.1. The largest absolute Gasteiger partial charge is 0.311 e. The number of benzene rings is 1. The molecule has 0 bridgehead atoms. The average Bonchev–Trinajstić information content (AvgIpc) is 2.44. The lowest BCUT2D eigenvalue weighted by atomic mass is 10.1. The normalized spacial score (nSPS) is 11.0. The van der Waals surface area contributed by atoms with Gasteiger partial charge >= 0.3 is 0 Å². The minimum absolute atomic E-state index is 0.125. The van der Waals surface area contributed by atoms with Gasteiger partial charge in [-0.15, -0.1) is 0 Å². The van der Waals surface area contributed by atoms with Crippen LogP contribution in [0.2, 0.25) is 5.15 Å². The molecule has 2 heterocycles. The number of H-pyrrole nitrogens is 1. The summed E-state index contributed by atoms with van der Waals surface area (Å²) in [5.74, 6) is 0.671. The van der Waals surface area contributed by atoms with Crippen LogP contribution in [0.5, 0.6) is 0 Å². The molecule has 3 aromatic rings. The molecule has 0 saturated heterocycles. The van der Waals surface area contributed by atoms with Crippen molar-refractivity contribution in [2.75, 3.05) is 0 Å². The highest BCUT2D eigenvalue weighted by Crippen LogP contribution is 2.21. The summed E-state index contributed by atoms with van der Waals surface area (Å²) in [4.78, 5) is 22.9. The zero-order valence-electron chi connectivity index (χ0n) is 11.6. The number of para-hydroxylation sites is 1. The second-order valence-electron chi connectivity index (χ2n) is 4.96. The van der Waals surface area contributed by atoms with Crippen molar-refractivity contribution in [1.82, 2.24) is 15.0 Å². The quantitative estimate of drug-likeness (QED) is 0.756. The van der Waals surface area contributed by atoms with Crippen LogP contribution in [0.3, 0.4) is 0 Å². The van der Waals surface area contributed by atoms with Crippen LogP contribution in [0.15, 0.2) is 41.2 Å². The SMILES string of the molecule is Cc1cc(=O)[nH]c(CCc2cc3ccccc3nc2Cl)n1. The standard InChI is InChI=1S/C16H14ClN3O/c1-10-8-15(21)20-14(18-10)7-6-12-9-11-4-2-3-5-13(11)19-16(12)17/h2-5,8-9H,6-7H2,1H3,(H,18,20,21). The van der Waals surface area contributed by atoms with Gasteiger partial charge in [-0.1, -0.05) is 29.8 Å². The Morgan fingerprint density at radius 2 is 1.95 bits per heavy atom. The molecule has 0 saturated carbocycles. The number of aromatic amines is 1. The molecule has 0 aliphatic carbocycles. The molecule has 3 rings (SSSR count). The molecule has 0 spiro atoms. The first-order valence-corrected chi connectivity index (χ1v) is 7.10. The summed E-state index contributed by atoms with van der Waals surface area (Å²) in [6.07, 6.45) is 1.31. The molecule has 106 valence electrons. The maximum Gasteiger partial charge on any atom is 0.251 e. The Labute approximate surface area is 126 Å². The Morgan fingerprint density at radius 1 is 1.14 bits per heavy atom. The molecule has 2 aromatic heterocycles. The summed E-state index contributed by atoms with van der Waals surface area (Å²) >= 11 is 6.23. The average molecular weight is 300 g/mol. The molecule has 0 radical (unpaired) electrons. The minimum atomic E-state index is -0.125. The van der Waals surface area contributed by atoms with Crippen molar-refractivity contribution in [2.24, 2.45) is 0 Å². The van der Waals surface area contributed by atoms with Gasteiger partial charge in [0.15, 0.2) is 0 Å². The molecule has 21 heavy (non-hydrogen) atoms. The third kappa shape index (κ3) is 3.11. The van der Waals surface area contributed by atoms with Gasteiger partial charge in [0.05, 0.1) is 5.52 Å². The zero-order chi connectivity index (χ0) is 14.8. The van der Waals surface area contributed by atoms with E-state index in [2.05, 4.69) is 15.0 Å². The Morgan fingerprint density at radius 3 is 2.76 bits per heavy atom. The van der Waals surface area contributed by atoms with Crippen LogP contribution in [-0.4, -0.2) is 15.0 Å². The number of hydrogen-bond acceptors (Lipinski definition) is 3. The Balaban J connectivity index is 1.87. The van der Waals surface area contributed by atoms with Gasteiger partial charge in [0.1, 0.15) is 11.0 Å². The van der Waals surface area contributed by atoms with E-state index in [1.807, 2.05) is 37.3 Å². The Bertz CT molecular complexity index is 858. The number of nitrogens with zero attached hydrogens (tertiary/aromatic N) is 2. The van der Waals surface area contributed by atoms with E-state index in [9.17, 15) is 4.79 Å². The molecule has 5 heteroatoms. The lowest BCUT2D eigenvalue weighted by molar-refractivity contribution is 0.833. The first-order valence-electron chi connectivity index (χ1n) is 6.73. The lowest BCUT2D eigenvalue weighted by Gasteiger charge is -2.06. The second kappa shape index (κ2) is 5.66. The van der Waals surface area contributed by atoms with E-state index in [-0.39, 0.29) is 5.56 Å². The molecule has 0 amide bonds. The van der Waals surface area contributed by atoms with Crippen molar-refractivity contribution in [1.29, 1.82) is 0 Å². The van der Waals surface area contributed by atoms with E-state index in [1.165, 1.54) is 6.07 Å². The lowest BCUT2D eigenvalue weighted by Crippen LogP contribution is -2.12. The van der Waals surface area contributed by atoms with Crippen molar-refractivity contribution in [3.8, 4) is 0 Å². The molecule has 0 aliphatic rings. The highest BCUT2D eigenvalue weighted by atomic mass is 35.5. The first kappa shape index (κ1) is 13.8. The van der Waals surface area contributed by atoms with Gasteiger partial charge in [-0.05, 0) is 31.0 Å². The fourth-order valence-corrected chi connectivity index (χ4v) is 2.56. The van der Waals surface area contributed by atoms with E-state index < -0.39 is 0 Å². The van der Waals surface area contributed by atoms with Crippen LogP contribution in [0, 0.1) is 6.92 Å². The number of aromatic nitrogens is 3. The predicted molar refractivity (Wildman–Crippen MR) is 83.8 cm³/mol. The number of aryl methyl sites for hydroxylation is 3. The zero-order valence-corrected chi connectivity index (χ0v) is 12.3. The number of nitrogens with one attached hydrogen (secondary N) is 1. The van der Waals surface area contributed by atoms with Crippen molar-refractivity contribution >= 4 is 22.5 Å². The Hall–Kier alpha value is -2.20. The number of rotatable bonds is 3. The van der Waals surface area contributed by atoms with E-state index in [1.54, 1.807) is 0 Å². The highest BCUT2D eigenvalue weighted by molar-refractivity contribution is 6.30. The molecular formula is C16H14ClN3O. The fourth-order valence-electron chi connectivity index (χ4n) is 2.32. The topological polar surface area (TPSA) is 58.6 Å². The highest BCUT2D eigenvalue weighted by Gasteiger charge is 2.06. The molecule has 1 aromatic carbocycles. The number of pyridine rings is 1. The van der Waals surface area contributed by atoms with Crippen molar-refractivity contribution in [3.05, 3.63) is 69.0 Å². The summed E-state index contributed by atoms with van der Waals surface area (Å²) in [5.41, 5.74) is 2.43. The van der Waals surface area contributed by atoms with Crippen LogP contribution in [0.25, 0.3) is 10.9 Å². The summed E-state index contributed by atoms with van der Waals surface area (Å²) in [7, 11) is 0. The summed E-state index contributed by atoms with van der Waals surface area (Å²) < 4.78 is 0. The Kier molecular flexibility index (Phi) is 3.71. The minimum Gasteiger partial charge on any atom is -0.311 e. The van der Waals surface area contributed by atoms with E-state index in [4.69, 9.17) is 11.6 Å². The number of hydrogen-bond donors (Lipinski definition) is 1. The van der Waals surface area contributed by atoms with Gasteiger partial charge < -0.3 is 4.98 Å². The van der Waals surface area contributed by atoms with Crippen LogP contribution in [0.1, 0.15) is 17.1 Å². The second-order valence-corrected chi connectivity index (χ2v) is 5.32. The molecule has 0 unspecified atom stereocenters. The van der Waals surface area contributed by atoms with Crippen LogP contribution < -0.4 is 5.56 Å². The summed E-state index contributed by atoms with van der Waals surface area (Å²) in [6.45, 7) is 1.81. The molecule has 0 fully saturated rings. The van der Waals surface area contributed by atoms with Gasteiger partial charge in [0, 0.05) is 23.6 Å². The van der Waals surface area contributed by atoms with Gasteiger partial charge in [0.2, 0.25) is 0 Å². The van der Waals surface area contributed by atoms with Crippen LogP contribution >= 0.6 is 11.6 Å². The third-order valence-electron chi connectivity index (χ3n) is 3.30.